The molecule has 4 saturated carbocycles. The molecule has 1 heterocycles. The molecule has 4 aliphatic rings. The van der Waals surface area contributed by atoms with Crippen LogP contribution in [0.5, 0.6) is 0 Å². The summed E-state index contributed by atoms with van der Waals surface area (Å²) < 4.78 is 13.2. The number of benzene rings is 1. The zero-order valence-corrected chi connectivity index (χ0v) is 16.6. The second kappa shape index (κ2) is 7.12. The molecule has 29 heavy (non-hydrogen) atoms. The molecule has 1 unspecified atom stereocenters. The summed E-state index contributed by atoms with van der Waals surface area (Å²) in [6.45, 7) is 0. The van der Waals surface area contributed by atoms with Crippen molar-refractivity contribution in [3.63, 3.8) is 0 Å². The van der Waals surface area contributed by atoms with Gasteiger partial charge in [0.25, 0.3) is 0 Å². The Hall–Kier alpha value is -2.43. The lowest BCUT2D eigenvalue weighted by molar-refractivity contribution is 0.0585. The smallest absolute Gasteiger partial charge is 0.408 e. The van der Waals surface area contributed by atoms with Crippen LogP contribution in [-0.4, -0.2) is 27.1 Å². The molecule has 0 radical (unpaired) electrons. The van der Waals surface area contributed by atoms with Crippen molar-refractivity contribution in [1.29, 1.82) is 0 Å². The Bertz CT molecular complexity index is 884. The van der Waals surface area contributed by atoms with E-state index in [0.29, 0.717) is 5.92 Å². The van der Waals surface area contributed by atoms with Crippen molar-refractivity contribution >= 4 is 6.09 Å². The molecule has 0 spiro atoms. The van der Waals surface area contributed by atoms with Crippen LogP contribution >= 0.6 is 0 Å². The number of rotatable bonds is 4. The van der Waals surface area contributed by atoms with Gasteiger partial charge in [0.2, 0.25) is 0 Å². The second-order valence-corrected chi connectivity index (χ2v) is 9.05. The minimum Gasteiger partial charge on any atom is -0.465 e. The van der Waals surface area contributed by atoms with E-state index in [4.69, 9.17) is 4.98 Å². The van der Waals surface area contributed by atoms with Crippen LogP contribution in [0, 0.1) is 17.7 Å². The monoisotopic (exact) mass is 394 g/mol. The summed E-state index contributed by atoms with van der Waals surface area (Å²) in [5.41, 5.74) is 2.20. The van der Waals surface area contributed by atoms with E-state index in [-0.39, 0.29) is 11.9 Å². The first kappa shape index (κ1) is 18.6. The fourth-order valence-corrected chi connectivity index (χ4v) is 5.71. The largest absolute Gasteiger partial charge is 0.465 e. The molecular formula is C24H27FN2O2. The van der Waals surface area contributed by atoms with Gasteiger partial charge >= 0.3 is 6.09 Å². The van der Waals surface area contributed by atoms with E-state index in [1.54, 1.807) is 23.2 Å². The van der Waals surface area contributed by atoms with Crippen molar-refractivity contribution in [2.45, 2.75) is 62.9 Å². The number of fused-ring (bicyclic) bond motifs is 4. The van der Waals surface area contributed by atoms with Crippen LogP contribution in [0.2, 0.25) is 0 Å². The second-order valence-electron chi connectivity index (χ2n) is 9.05. The molecule has 2 bridgehead atoms. The zero-order valence-electron chi connectivity index (χ0n) is 16.6. The maximum Gasteiger partial charge on any atom is 0.408 e. The molecule has 1 atom stereocenters. The molecule has 1 aromatic heterocycles. The molecule has 0 aliphatic heterocycles. The number of aromatic nitrogens is 1. The third-order valence-corrected chi connectivity index (χ3v) is 7.45. The molecule has 2 aromatic rings. The molecular weight excluding hydrogens is 367 g/mol. The van der Waals surface area contributed by atoms with E-state index < -0.39 is 11.6 Å². The van der Waals surface area contributed by atoms with Gasteiger partial charge in [-0.3, -0.25) is 9.88 Å². The maximum atomic E-state index is 13.2. The molecule has 1 aromatic carbocycles. The number of nitrogens with zero attached hydrogens (tertiary/aromatic N) is 2. The average Bonchev–Trinajstić information content (AvgIpc) is 3.57. The number of amides is 1. The van der Waals surface area contributed by atoms with E-state index in [2.05, 4.69) is 0 Å². The van der Waals surface area contributed by atoms with Crippen LogP contribution in [0.4, 0.5) is 9.18 Å². The molecule has 5 heteroatoms. The standard InChI is InChI=1S/C24H27FN2O2/c25-20-9-6-17(7-10-20)19-8-12-22(26-15-19)24(13-14-24)27(23(28)29)21-11-3-16-1-4-18(21)5-2-16/h6-10,12,15-16,18,21H,1-5,11,13-14H2,(H,28,29). The maximum absolute atomic E-state index is 13.2. The van der Waals surface area contributed by atoms with Crippen molar-refractivity contribution < 1.29 is 14.3 Å². The molecule has 0 saturated heterocycles. The number of carboxylic acid groups (broad SMARTS) is 1. The highest BCUT2D eigenvalue weighted by molar-refractivity contribution is 5.68. The van der Waals surface area contributed by atoms with Gasteiger partial charge in [-0.25, -0.2) is 9.18 Å². The van der Waals surface area contributed by atoms with Crippen molar-refractivity contribution in [3.8, 4) is 11.1 Å². The van der Waals surface area contributed by atoms with E-state index in [1.165, 1.54) is 25.0 Å². The van der Waals surface area contributed by atoms with Crippen molar-refractivity contribution in [2.24, 2.45) is 11.8 Å². The van der Waals surface area contributed by atoms with Crippen LogP contribution in [0.25, 0.3) is 11.1 Å². The Morgan fingerprint density at radius 1 is 0.966 bits per heavy atom. The van der Waals surface area contributed by atoms with E-state index >= 15 is 0 Å². The lowest BCUT2D eigenvalue weighted by atomic mass is 9.82. The quantitative estimate of drug-likeness (QED) is 0.710. The number of hydrogen-bond acceptors (Lipinski definition) is 2. The van der Waals surface area contributed by atoms with Gasteiger partial charge in [0.15, 0.2) is 0 Å². The number of hydrogen-bond donors (Lipinski definition) is 1. The Morgan fingerprint density at radius 3 is 2.21 bits per heavy atom. The normalized spacial score (nSPS) is 27.3. The van der Waals surface area contributed by atoms with Gasteiger partial charge < -0.3 is 5.11 Å². The van der Waals surface area contributed by atoms with Crippen LogP contribution < -0.4 is 0 Å². The first-order valence-corrected chi connectivity index (χ1v) is 10.8. The molecule has 4 aliphatic carbocycles. The van der Waals surface area contributed by atoms with Gasteiger partial charge in [0, 0.05) is 17.8 Å². The molecule has 4 nitrogen and oxygen atoms in total. The van der Waals surface area contributed by atoms with Crippen molar-refractivity contribution in [3.05, 3.63) is 54.1 Å². The highest BCUT2D eigenvalue weighted by Crippen LogP contribution is 2.54. The predicted octanol–water partition coefficient (Wildman–Crippen LogP) is 5.83. The van der Waals surface area contributed by atoms with E-state index in [9.17, 15) is 14.3 Å². The lowest BCUT2D eigenvalue weighted by Gasteiger charge is -2.40. The van der Waals surface area contributed by atoms with E-state index in [0.717, 1.165) is 61.3 Å². The van der Waals surface area contributed by atoms with Gasteiger partial charge in [0.1, 0.15) is 5.82 Å². The van der Waals surface area contributed by atoms with Gasteiger partial charge in [-0.15, -0.1) is 0 Å². The Kier molecular flexibility index (Phi) is 4.56. The SMILES string of the molecule is O=C(O)N(C1CCC2CCC1CC2)C1(c2ccc(-c3ccc(F)cc3)cn2)CC1. The zero-order chi connectivity index (χ0) is 20.0. The molecule has 6 rings (SSSR count). The minimum absolute atomic E-state index is 0.112. The summed E-state index contributed by atoms with van der Waals surface area (Å²) in [6, 6.07) is 10.4. The molecule has 1 N–H and O–H groups in total. The van der Waals surface area contributed by atoms with Gasteiger partial charge in [-0.05, 0) is 74.1 Å². The van der Waals surface area contributed by atoms with Crippen LogP contribution in [0.1, 0.15) is 57.1 Å². The van der Waals surface area contributed by atoms with Gasteiger partial charge in [-0.1, -0.05) is 31.0 Å². The highest BCUT2D eigenvalue weighted by Gasteiger charge is 2.56. The number of pyridine rings is 1. The van der Waals surface area contributed by atoms with Crippen LogP contribution in [0.3, 0.4) is 0 Å². The van der Waals surface area contributed by atoms with Gasteiger partial charge in [0.05, 0.1) is 11.2 Å². The van der Waals surface area contributed by atoms with E-state index in [1.807, 2.05) is 12.1 Å². The number of halogens is 1. The fourth-order valence-electron chi connectivity index (χ4n) is 5.71. The molecule has 4 fully saturated rings. The summed E-state index contributed by atoms with van der Waals surface area (Å²) in [5, 5.41) is 10.2. The summed E-state index contributed by atoms with van der Waals surface area (Å²) in [7, 11) is 0. The van der Waals surface area contributed by atoms with Gasteiger partial charge in [-0.2, -0.15) is 0 Å². The highest BCUT2D eigenvalue weighted by atomic mass is 19.1. The van der Waals surface area contributed by atoms with Crippen molar-refractivity contribution in [2.75, 3.05) is 0 Å². The molecule has 1 amide bonds. The third kappa shape index (κ3) is 3.30. The summed E-state index contributed by atoms with van der Waals surface area (Å²) >= 11 is 0. The lowest BCUT2D eigenvalue weighted by Crippen LogP contribution is -2.50. The number of carbonyl (C=O) groups is 1. The Morgan fingerprint density at radius 2 is 1.62 bits per heavy atom. The molecule has 152 valence electrons. The summed E-state index contributed by atoms with van der Waals surface area (Å²) in [5.74, 6) is 1.01. The van der Waals surface area contributed by atoms with Crippen LogP contribution in [-0.2, 0) is 5.54 Å². The average molecular weight is 394 g/mol. The summed E-state index contributed by atoms with van der Waals surface area (Å²) in [6.07, 6.45) is 9.64. The Labute approximate surface area is 170 Å². The first-order chi connectivity index (χ1) is 14.1. The first-order valence-electron chi connectivity index (χ1n) is 10.8. The van der Waals surface area contributed by atoms with Crippen LogP contribution in [0.15, 0.2) is 42.6 Å². The fraction of sp³-hybridized carbons (Fsp3) is 0.500. The van der Waals surface area contributed by atoms with Crippen molar-refractivity contribution in [1.82, 2.24) is 9.88 Å². The topological polar surface area (TPSA) is 53.4 Å². The minimum atomic E-state index is -0.803. The third-order valence-electron chi connectivity index (χ3n) is 7.45. The predicted molar refractivity (Wildman–Crippen MR) is 109 cm³/mol. The Balaban J connectivity index is 1.44. The summed E-state index contributed by atoms with van der Waals surface area (Å²) in [4.78, 5) is 18.9.